The summed E-state index contributed by atoms with van der Waals surface area (Å²) in [5.74, 6) is 0. The molecule has 0 radical (unpaired) electrons. The van der Waals surface area contributed by atoms with E-state index in [9.17, 15) is 0 Å². The predicted octanol–water partition coefficient (Wildman–Crippen LogP) is 2.39. The lowest BCUT2D eigenvalue weighted by molar-refractivity contribution is 0.642. The van der Waals surface area contributed by atoms with Gasteiger partial charge < -0.3 is 4.57 Å². The maximum Gasteiger partial charge on any atom is 0.0991 e. The Morgan fingerprint density at radius 2 is 2.06 bits per heavy atom. The van der Waals surface area contributed by atoms with Crippen LogP contribution in [0, 0.1) is 11.3 Å². The van der Waals surface area contributed by atoms with Crippen molar-refractivity contribution >= 4 is 0 Å². The Balaban J connectivity index is 1.83. The van der Waals surface area contributed by atoms with E-state index in [0.717, 1.165) is 24.9 Å². The van der Waals surface area contributed by atoms with Gasteiger partial charge in [0.05, 0.1) is 18.0 Å². The van der Waals surface area contributed by atoms with Crippen LogP contribution in [0.1, 0.15) is 17.5 Å². The number of hydrogen-bond acceptors (Lipinski definition) is 2. The summed E-state index contributed by atoms with van der Waals surface area (Å²) in [6.45, 7) is 0.986. The van der Waals surface area contributed by atoms with Gasteiger partial charge in [-0.1, -0.05) is 12.1 Å². The molecule has 2 aromatic rings. The van der Waals surface area contributed by atoms with Crippen molar-refractivity contribution in [3.8, 4) is 6.07 Å². The van der Waals surface area contributed by atoms with Crippen molar-refractivity contribution in [1.82, 2.24) is 9.55 Å². The van der Waals surface area contributed by atoms with Crippen LogP contribution in [-0.2, 0) is 13.0 Å². The van der Waals surface area contributed by atoms with Crippen molar-refractivity contribution in [3.63, 3.8) is 0 Å². The second-order valence-electron chi connectivity index (χ2n) is 3.71. The molecule has 0 saturated carbocycles. The number of hydrogen-bond donors (Lipinski definition) is 0. The van der Waals surface area contributed by atoms with Crippen LogP contribution in [0.2, 0.25) is 0 Å². The minimum Gasteiger partial charge on any atom is -0.337 e. The first-order chi connectivity index (χ1) is 7.88. The van der Waals surface area contributed by atoms with Crippen LogP contribution in [0.4, 0.5) is 0 Å². The number of benzene rings is 1. The molecule has 0 aliphatic rings. The molecule has 3 heteroatoms. The van der Waals surface area contributed by atoms with Crippen LogP contribution in [0.25, 0.3) is 0 Å². The standard InChI is InChI=1S/C13H13N3/c14-10-13-5-3-12(4-6-13)2-1-8-16-9-7-15-11-16/h3-7,9,11H,1-2,8H2. The summed E-state index contributed by atoms with van der Waals surface area (Å²) < 4.78 is 2.07. The fourth-order valence-corrected chi connectivity index (χ4v) is 1.63. The summed E-state index contributed by atoms with van der Waals surface area (Å²) in [7, 11) is 0. The molecule has 0 aliphatic carbocycles. The second kappa shape index (κ2) is 5.13. The molecule has 80 valence electrons. The van der Waals surface area contributed by atoms with Crippen molar-refractivity contribution in [3.05, 3.63) is 54.1 Å². The van der Waals surface area contributed by atoms with Crippen molar-refractivity contribution in [2.45, 2.75) is 19.4 Å². The first-order valence-corrected chi connectivity index (χ1v) is 5.33. The lowest BCUT2D eigenvalue weighted by Crippen LogP contribution is -1.96. The van der Waals surface area contributed by atoms with Gasteiger partial charge in [-0.25, -0.2) is 4.98 Å². The van der Waals surface area contributed by atoms with Crippen LogP contribution in [0.15, 0.2) is 43.0 Å². The number of nitrogens with zero attached hydrogens (tertiary/aromatic N) is 3. The molecule has 0 fully saturated rings. The molecule has 0 spiro atoms. The summed E-state index contributed by atoms with van der Waals surface area (Å²) in [5.41, 5.74) is 2.00. The quantitative estimate of drug-likeness (QED) is 0.779. The SMILES string of the molecule is N#Cc1ccc(CCCn2ccnc2)cc1. The van der Waals surface area contributed by atoms with E-state index < -0.39 is 0 Å². The van der Waals surface area contributed by atoms with Gasteiger partial charge in [-0.2, -0.15) is 5.26 Å². The average Bonchev–Trinajstić information content (AvgIpc) is 2.83. The maximum absolute atomic E-state index is 8.67. The molecule has 0 saturated heterocycles. The van der Waals surface area contributed by atoms with Crippen LogP contribution in [-0.4, -0.2) is 9.55 Å². The third-order valence-corrected chi connectivity index (χ3v) is 2.52. The van der Waals surface area contributed by atoms with Gasteiger partial charge in [0.1, 0.15) is 0 Å². The Morgan fingerprint density at radius 3 is 2.69 bits per heavy atom. The highest BCUT2D eigenvalue weighted by molar-refractivity contribution is 5.31. The number of nitriles is 1. The summed E-state index contributed by atoms with van der Waals surface area (Å²) in [5, 5.41) is 8.67. The Kier molecular flexibility index (Phi) is 3.35. The molecule has 0 atom stereocenters. The third kappa shape index (κ3) is 2.71. The number of rotatable bonds is 4. The molecule has 0 unspecified atom stereocenters. The smallest absolute Gasteiger partial charge is 0.0991 e. The van der Waals surface area contributed by atoms with Gasteiger partial charge >= 0.3 is 0 Å². The van der Waals surface area contributed by atoms with Crippen molar-refractivity contribution in [2.24, 2.45) is 0 Å². The Bertz CT molecular complexity index is 463. The van der Waals surface area contributed by atoms with E-state index in [2.05, 4.69) is 15.6 Å². The van der Waals surface area contributed by atoms with Gasteiger partial charge in [0.2, 0.25) is 0 Å². The van der Waals surface area contributed by atoms with E-state index in [4.69, 9.17) is 5.26 Å². The Labute approximate surface area is 95.0 Å². The highest BCUT2D eigenvalue weighted by Gasteiger charge is 1.95. The molecule has 1 aromatic carbocycles. The zero-order valence-corrected chi connectivity index (χ0v) is 9.00. The molecule has 1 aromatic heterocycles. The van der Waals surface area contributed by atoms with Crippen LogP contribution in [0.3, 0.4) is 0 Å². The highest BCUT2D eigenvalue weighted by Crippen LogP contribution is 2.06. The summed E-state index contributed by atoms with van der Waals surface area (Å²) in [6, 6.07) is 9.90. The van der Waals surface area contributed by atoms with Crippen LogP contribution in [0.5, 0.6) is 0 Å². The highest BCUT2D eigenvalue weighted by atomic mass is 15.0. The summed E-state index contributed by atoms with van der Waals surface area (Å²) in [4.78, 5) is 4.00. The molecule has 1 heterocycles. The molecule has 0 bridgehead atoms. The van der Waals surface area contributed by atoms with Crippen LogP contribution >= 0.6 is 0 Å². The van der Waals surface area contributed by atoms with E-state index in [1.807, 2.05) is 36.8 Å². The number of aryl methyl sites for hydroxylation is 2. The molecular formula is C13H13N3. The number of aromatic nitrogens is 2. The second-order valence-corrected chi connectivity index (χ2v) is 3.71. The molecule has 0 aliphatic heterocycles. The summed E-state index contributed by atoms with van der Waals surface area (Å²) >= 11 is 0. The molecule has 16 heavy (non-hydrogen) atoms. The van der Waals surface area contributed by atoms with E-state index in [0.29, 0.717) is 0 Å². The fourth-order valence-electron chi connectivity index (χ4n) is 1.63. The van der Waals surface area contributed by atoms with Crippen molar-refractivity contribution < 1.29 is 0 Å². The lowest BCUT2D eigenvalue weighted by Gasteiger charge is -2.02. The van der Waals surface area contributed by atoms with Gasteiger partial charge in [-0.05, 0) is 30.5 Å². The number of imidazole rings is 1. The topological polar surface area (TPSA) is 41.6 Å². The third-order valence-electron chi connectivity index (χ3n) is 2.52. The fraction of sp³-hybridized carbons (Fsp3) is 0.231. The first kappa shape index (κ1) is 10.4. The monoisotopic (exact) mass is 211 g/mol. The van der Waals surface area contributed by atoms with E-state index in [1.54, 1.807) is 6.20 Å². The van der Waals surface area contributed by atoms with Gasteiger partial charge in [-0.15, -0.1) is 0 Å². The van der Waals surface area contributed by atoms with Gasteiger partial charge in [0, 0.05) is 18.9 Å². The van der Waals surface area contributed by atoms with E-state index in [-0.39, 0.29) is 0 Å². The lowest BCUT2D eigenvalue weighted by atomic mass is 10.1. The molecule has 0 amide bonds. The first-order valence-electron chi connectivity index (χ1n) is 5.33. The average molecular weight is 211 g/mol. The molecule has 3 nitrogen and oxygen atoms in total. The Hall–Kier alpha value is -2.08. The van der Waals surface area contributed by atoms with Gasteiger partial charge in [0.15, 0.2) is 0 Å². The minimum absolute atomic E-state index is 0.721. The maximum atomic E-state index is 8.67. The van der Waals surface area contributed by atoms with Gasteiger partial charge in [-0.3, -0.25) is 0 Å². The normalized spacial score (nSPS) is 9.94. The largest absolute Gasteiger partial charge is 0.337 e. The zero-order chi connectivity index (χ0) is 11.2. The van der Waals surface area contributed by atoms with E-state index >= 15 is 0 Å². The van der Waals surface area contributed by atoms with Crippen molar-refractivity contribution in [2.75, 3.05) is 0 Å². The molecule has 2 rings (SSSR count). The van der Waals surface area contributed by atoms with Gasteiger partial charge in [0.25, 0.3) is 0 Å². The van der Waals surface area contributed by atoms with E-state index in [1.165, 1.54) is 5.56 Å². The minimum atomic E-state index is 0.721. The molecule has 0 N–H and O–H groups in total. The van der Waals surface area contributed by atoms with Crippen LogP contribution < -0.4 is 0 Å². The zero-order valence-electron chi connectivity index (χ0n) is 9.00. The predicted molar refractivity (Wildman–Crippen MR) is 61.7 cm³/mol. The molecular weight excluding hydrogens is 198 g/mol. The Morgan fingerprint density at radius 1 is 1.25 bits per heavy atom. The summed E-state index contributed by atoms with van der Waals surface area (Å²) in [6.07, 6.45) is 7.71. The van der Waals surface area contributed by atoms with Crippen molar-refractivity contribution in [1.29, 1.82) is 5.26 Å².